The average Bonchev–Trinajstić information content (AvgIpc) is 2.97. The fraction of sp³-hybridized carbons (Fsp3) is 0.810. The molecule has 2 N–H and O–H groups in total. The molecule has 3 saturated carbocycles. The Balaban J connectivity index is 1.69. The van der Waals surface area contributed by atoms with Gasteiger partial charge in [0.2, 0.25) is 0 Å². The summed E-state index contributed by atoms with van der Waals surface area (Å²) in [6.07, 6.45) is 9.23. The standard InChI is InChI=1S/C21H28O5/c1-3-5-12-10-19-11-20(12,25)9-6-13(19)21-8-4-7-18(2,17(24)26-21)15(21)14(19)16(22)23/h4,7,12-15,25H,3,5-6,8-11H2,1-2H3,(H,22,23)/t12-,13-,14-,15-,18+,19+,20+,21-/m1/s1. The fourth-order valence-electron chi connectivity index (χ4n) is 8.17. The number of hydrogen-bond acceptors (Lipinski definition) is 4. The summed E-state index contributed by atoms with van der Waals surface area (Å²) in [6, 6.07) is 0. The van der Waals surface area contributed by atoms with E-state index in [1.165, 1.54) is 0 Å². The molecule has 0 unspecified atom stereocenters. The van der Waals surface area contributed by atoms with Crippen LogP contribution in [0.3, 0.4) is 0 Å². The molecule has 4 bridgehead atoms. The molecule has 4 fully saturated rings. The first-order chi connectivity index (χ1) is 12.2. The van der Waals surface area contributed by atoms with Gasteiger partial charge in [0.1, 0.15) is 5.60 Å². The topological polar surface area (TPSA) is 83.8 Å². The van der Waals surface area contributed by atoms with Crippen LogP contribution in [-0.4, -0.2) is 33.4 Å². The summed E-state index contributed by atoms with van der Waals surface area (Å²) in [7, 11) is 0. The summed E-state index contributed by atoms with van der Waals surface area (Å²) in [5, 5.41) is 21.6. The van der Waals surface area contributed by atoms with Crippen LogP contribution >= 0.6 is 0 Å². The van der Waals surface area contributed by atoms with E-state index in [2.05, 4.69) is 6.92 Å². The van der Waals surface area contributed by atoms with Gasteiger partial charge in [0, 0.05) is 18.3 Å². The Morgan fingerprint density at radius 3 is 2.88 bits per heavy atom. The molecule has 4 aliphatic carbocycles. The number of aliphatic hydroxyl groups is 1. The molecule has 1 spiro atoms. The number of fused-ring (bicyclic) bond motifs is 1. The van der Waals surface area contributed by atoms with Crippen LogP contribution in [-0.2, 0) is 14.3 Å². The zero-order chi connectivity index (χ0) is 18.5. The van der Waals surface area contributed by atoms with Crippen LogP contribution in [0.15, 0.2) is 12.2 Å². The lowest BCUT2D eigenvalue weighted by Crippen LogP contribution is -2.47. The Kier molecular flexibility index (Phi) is 3.05. The Hall–Kier alpha value is -1.36. The third kappa shape index (κ3) is 1.59. The monoisotopic (exact) mass is 360 g/mol. The third-order valence-electron chi connectivity index (χ3n) is 8.82. The number of carboxylic acid groups (broad SMARTS) is 1. The summed E-state index contributed by atoms with van der Waals surface area (Å²) in [5.41, 5.74) is -2.74. The molecule has 0 radical (unpaired) electrons. The Labute approximate surface area is 153 Å². The van der Waals surface area contributed by atoms with Crippen LogP contribution in [0.2, 0.25) is 0 Å². The van der Waals surface area contributed by atoms with Gasteiger partial charge in [-0.25, -0.2) is 0 Å². The zero-order valence-corrected chi connectivity index (χ0v) is 15.5. The minimum absolute atomic E-state index is 0.0407. The van der Waals surface area contributed by atoms with E-state index in [4.69, 9.17) is 4.74 Å². The van der Waals surface area contributed by atoms with E-state index in [1.807, 2.05) is 19.1 Å². The maximum absolute atomic E-state index is 12.7. The molecule has 0 aromatic heterocycles. The first-order valence-corrected chi connectivity index (χ1v) is 10.1. The number of hydrogen-bond donors (Lipinski definition) is 2. The van der Waals surface area contributed by atoms with E-state index in [0.717, 1.165) is 25.7 Å². The van der Waals surface area contributed by atoms with Gasteiger partial charge in [0.25, 0.3) is 0 Å². The van der Waals surface area contributed by atoms with Gasteiger partial charge in [0.15, 0.2) is 0 Å². The fourth-order valence-corrected chi connectivity index (χ4v) is 8.17. The van der Waals surface area contributed by atoms with Crippen molar-refractivity contribution in [3.05, 3.63) is 12.2 Å². The van der Waals surface area contributed by atoms with E-state index in [9.17, 15) is 19.8 Å². The molecule has 5 aliphatic rings. The molecule has 5 rings (SSSR count). The molecule has 26 heavy (non-hydrogen) atoms. The smallest absolute Gasteiger partial charge is 0.316 e. The average molecular weight is 360 g/mol. The van der Waals surface area contributed by atoms with E-state index in [-0.39, 0.29) is 23.7 Å². The van der Waals surface area contributed by atoms with Crippen LogP contribution in [0.25, 0.3) is 0 Å². The van der Waals surface area contributed by atoms with Crippen LogP contribution in [0, 0.1) is 34.5 Å². The van der Waals surface area contributed by atoms with Crippen molar-refractivity contribution < 1.29 is 24.5 Å². The van der Waals surface area contributed by atoms with Crippen molar-refractivity contribution in [1.29, 1.82) is 0 Å². The maximum atomic E-state index is 12.7. The van der Waals surface area contributed by atoms with Crippen molar-refractivity contribution in [2.24, 2.45) is 34.5 Å². The molecule has 0 amide bonds. The third-order valence-corrected chi connectivity index (χ3v) is 8.82. The van der Waals surface area contributed by atoms with Gasteiger partial charge in [-0.1, -0.05) is 25.5 Å². The number of aliphatic carboxylic acids is 1. The lowest BCUT2D eigenvalue weighted by molar-refractivity contribution is -0.162. The SMILES string of the molecule is CCC[C@@H]1C[C@]23C[C@@]1(O)CC[C@H]2[C@@]12CC=C[C@](C)(C(=O)O1)[C@H]2[C@@H]3C(=O)O. The largest absolute Gasteiger partial charge is 0.481 e. The van der Waals surface area contributed by atoms with E-state index >= 15 is 0 Å². The van der Waals surface area contributed by atoms with Gasteiger partial charge in [-0.2, -0.15) is 0 Å². The van der Waals surface area contributed by atoms with Gasteiger partial charge in [-0.3, -0.25) is 9.59 Å². The summed E-state index contributed by atoms with van der Waals surface area (Å²) in [5.74, 6) is -1.82. The minimum atomic E-state index is -0.853. The summed E-state index contributed by atoms with van der Waals surface area (Å²) >= 11 is 0. The van der Waals surface area contributed by atoms with Gasteiger partial charge in [-0.15, -0.1) is 0 Å². The molecular formula is C21H28O5. The van der Waals surface area contributed by atoms with Crippen molar-refractivity contribution in [2.45, 2.75) is 70.0 Å². The molecule has 1 saturated heterocycles. The van der Waals surface area contributed by atoms with E-state index in [1.54, 1.807) is 0 Å². The molecule has 142 valence electrons. The normalized spacial score (nSPS) is 56.2. The molecule has 5 nitrogen and oxygen atoms in total. The number of carboxylic acids is 1. The number of carbonyl (C=O) groups excluding carboxylic acids is 1. The Morgan fingerprint density at radius 1 is 1.42 bits per heavy atom. The lowest BCUT2D eigenvalue weighted by atomic mass is 9.62. The van der Waals surface area contributed by atoms with Crippen molar-refractivity contribution in [3.8, 4) is 0 Å². The van der Waals surface area contributed by atoms with Crippen molar-refractivity contribution in [3.63, 3.8) is 0 Å². The number of ether oxygens (including phenoxy) is 1. The Bertz CT molecular complexity index is 730. The number of carbonyl (C=O) groups is 2. The molecule has 8 atom stereocenters. The van der Waals surface area contributed by atoms with Crippen molar-refractivity contribution >= 4 is 11.9 Å². The quantitative estimate of drug-likeness (QED) is 0.597. The highest BCUT2D eigenvalue weighted by Crippen LogP contribution is 2.78. The predicted octanol–water partition coefficient (Wildman–Crippen LogP) is 2.92. The summed E-state index contributed by atoms with van der Waals surface area (Å²) < 4.78 is 6.08. The van der Waals surface area contributed by atoms with E-state index in [0.29, 0.717) is 19.3 Å². The molecule has 5 heteroatoms. The summed E-state index contributed by atoms with van der Waals surface area (Å²) in [4.78, 5) is 25.3. The van der Waals surface area contributed by atoms with Crippen LogP contribution in [0.4, 0.5) is 0 Å². The van der Waals surface area contributed by atoms with Crippen LogP contribution < -0.4 is 0 Å². The second-order valence-electron chi connectivity index (χ2n) is 9.82. The molecule has 0 aromatic carbocycles. The number of esters is 1. The van der Waals surface area contributed by atoms with E-state index < -0.39 is 33.9 Å². The second-order valence-corrected chi connectivity index (χ2v) is 9.82. The van der Waals surface area contributed by atoms with Crippen LogP contribution in [0.1, 0.15) is 58.8 Å². The van der Waals surface area contributed by atoms with Crippen molar-refractivity contribution in [1.82, 2.24) is 0 Å². The predicted molar refractivity (Wildman–Crippen MR) is 93.0 cm³/mol. The number of rotatable bonds is 3. The Morgan fingerprint density at radius 2 is 2.19 bits per heavy atom. The first-order valence-electron chi connectivity index (χ1n) is 10.1. The van der Waals surface area contributed by atoms with Crippen molar-refractivity contribution in [2.75, 3.05) is 0 Å². The van der Waals surface area contributed by atoms with Gasteiger partial charge >= 0.3 is 11.9 Å². The van der Waals surface area contributed by atoms with Gasteiger partial charge < -0.3 is 14.9 Å². The molecule has 1 heterocycles. The highest BCUT2D eigenvalue weighted by molar-refractivity contribution is 5.86. The minimum Gasteiger partial charge on any atom is -0.481 e. The maximum Gasteiger partial charge on any atom is 0.316 e. The highest BCUT2D eigenvalue weighted by Gasteiger charge is 2.82. The highest BCUT2D eigenvalue weighted by atomic mass is 16.6. The molecular weight excluding hydrogens is 332 g/mol. The molecule has 0 aromatic rings. The molecule has 1 aliphatic heterocycles. The first kappa shape index (κ1) is 16.8. The van der Waals surface area contributed by atoms with Gasteiger partial charge in [-0.05, 0) is 50.4 Å². The second kappa shape index (κ2) is 4.73. The summed E-state index contributed by atoms with van der Waals surface area (Å²) in [6.45, 7) is 3.98. The zero-order valence-electron chi connectivity index (χ0n) is 15.5. The van der Waals surface area contributed by atoms with Crippen LogP contribution in [0.5, 0.6) is 0 Å². The lowest BCUT2D eigenvalue weighted by Gasteiger charge is -2.45. The van der Waals surface area contributed by atoms with Gasteiger partial charge in [0.05, 0.1) is 16.9 Å².